The molecule has 0 aliphatic rings. The van der Waals surface area contributed by atoms with Gasteiger partial charge < -0.3 is 9.47 Å². The first-order valence-electron chi connectivity index (χ1n) is 9.33. The van der Waals surface area contributed by atoms with Crippen LogP contribution in [0.2, 0.25) is 0 Å². The molecular weight excluding hydrogens is 416 g/mol. The molecule has 28 heavy (non-hydrogen) atoms. The molecule has 0 radical (unpaired) electrons. The molecule has 3 rings (SSSR count). The van der Waals surface area contributed by atoms with Crippen molar-refractivity contribution >= 4 is 21.7 Å². The van der Waals surface area contributed by atoms with Crippen molar-refractivity contribution in [3.8, 4) is 11.5 Å². The Morgan fingerprint density at radius 2 is 1.36 bits per heavy atom. The fourth-order valence-electron chi connectivity index (χ4n) is 2.73. The molecule has 0 amide bonds. The Kier molecular flexibility index (Phi) is 7.26. The Labute approximate surface area is 174 Å². The second-order valence-electron chi connectivity index (χ2n) is 6.45. The number of ketones is 1. The van der Waals surface area contributed by atoms with Crippen LogP contribution in [0, 0.1) is 0 Å². The minimum absolute atomic E-state index is 0.0432. The molecular formula is C24H23BrO3. The van der Waals surface area contributed by atoms with Gasteiger partial charge >= 0.3 is 0 Å². The topological polar surface area (TPSA) is 35.5 Å². The van der Waals surface area contributed by atoms with E-state index in [0.29, 0.717) is 30.3 Å². The first-order valence-corrected chi connectivity index (χ1v) is 10.2. The first kappa shape index (κ1) is 20.2. The lowest BCUT2D eigenvalue weighted by atomic mass is 10.1. The number of halogens is 1. The summed E-state index contributed by atoms with van der Waals surface area (Å²) < 4.78 is 12.0. The average Bonchev–Trinajstić information content (AvgIpc) is 2.76. The minimum atomic E-state index is -0.203. The quantitative estimate of drug-likeness (QED) is 0.294. The highest BCUT2D eigenvalue weighted by molar-refractivity contribution is 9.10. The van der Waals surface area contributed by atoms with Crippen molar-refractivity contribution in [1.82, 2.24) is 0 Å². The van der Waals surface area contributed by atoms with Crippen LogP contribution in [0.25, 0.3) is 0 Å². The maximum Gasteiger partial charge on any atom is 0.176 e. The molecule has 1 unspecified atom stereocenters. The van der Waals surface area contributed by atoms with Gasteiger partial charge in [0.25, 0.3) is 0 Å². The van der Waals surface area contributed by atoms with Crippen LogP contribution >= 0.6 is 15.9 Å². The number of rotatable bonds is 9. The molecule has 0 fully saturated rings. The summed E-state index contributed by atoms with van der Waals surface area (Å²) in [7, 11) is 0. The fraction of sp³-hybridized carbons (Fsp3) is 0.208. The average molecular weight is 439 g/mol. The number of carbonyl (C=O) groups is 1. The van der Waals surface area contributed by atoms with Gasteiger partial charge in [0.05, 0.1) is 4.83 Å². The molecule has 0 spiro atoms. The minimum Gasteiger partial charge on any atom is -0.485 e. The Hall–Kier alpha value is -2.59. The van der Waals surface area contributed by atoms with Gasteiger partial charge in [-0.3, -0.25) is 4.79 Å². The van der Waals surface area contributed by atoms with Crippen LogP contribution in [0.3, 0.4) is 0 Å². The maximum absolute atomic E-state index is 12.5. The smallest absolute Gasteiger partial charge is 0.176 e. The monoisotopic (exact) mass is 438 g/mol. The number of carbonyl (C=O) groups excluding carboxylic acids is 1. The summed E-state index contributed by atoms with van der Waals surface area (Å²) in [6.45, 7) is 2.82. The molecule has 0 saturated heterocycles. The summed E-state index contributed by atoms with van der Waals surface area (Å²) in [6.07, 6.45) is 0.727. The lowest BCUT2D eigenvalue weighted by molar-refractivity contribution is 0.0989. The van der Waals surface area contributed by atoms with Gasteiger partial charge in [-0.15, -0.1) is 0 Å². The van der Waals surface area contributed by atoms with Crippen molar-refractivity contribution in [2.75, 3.05) is 0 Å². The van der Waals surface area contributed by atoms with E-state index in [2.05, 4.69) is 15.9 Å². The molecule has 0 heterocycles. The summed E-state index contributed by atoms with van der Waals surface area (Å²) in [5, 5.41) is 0. The molecule has 1 atom stereocenters. The van der Waals surface area contributed by atoms with Crippen LogP contribution < -0.4 is 9.47 Å². The van der Waals surface area contributed by atoms with E-state index in [1.165, 1.54) is 0 Å². The molecule has 0 aliphatic carbocycles. The van der Waals surface area contributed by atoms with Crippen molar-refractivity contribution < 1.29 is 14.3 Å². The fourth-order valence-corrected chi connectivity index (χ4v) is 2.99. The summed E-state index contributed by atoms with van der Waals surface area (Å²) in [4.78, 5) is 12.3. The van der Waals surface area contributed by atoms with Gasteiger partial charge in [0.2, 0.25) is 0 Å². The zero-order valence-corrected chi connectivity index (χ0v) is 17.4. The molecule has 0 bridgehead atoms. The zero-order chi connectivity index (χ0) is 19.8. The molecule has 144 valence electrons. The van der Waals surface area contributed by atoms with E-state index in [4.69, 9.17) is 9.47 Å². The predicted molar refractivity (Wildman–Crippen MR) is 115 cm³/mol. The van der Waals surface area contributed by atoms with Gasteiger partial charge in [-0.25, -0.2) is 0 Å². The molecule has 3 aromatic rings. The highest BCUT2D eigenvalue weighted by atomic mass is 79.9. The van der Waals surface area contributed by atoms with Crippen molar-refractivity contribution in [2.24, 2.45) is 0 Å². The van der Waals surface area contributed by atoms with Crippen LogP contribution in [0.5, 0.6) is 11.5 Å². The molecule has 0 saturated carbocycles. The van der Waals surface area contributed by atoms with E-state index in [1.807, 2.05) is 73.7 Å². The summed E-state index contributed by atoms with van der Waals surface area (Å²) in [5.74, 6) is 1.24. The Morgan fingerprint density at radius 3 is 1.89 bits per heavy atom. The van der Waals surface area contributed by atoms with Crippen LogP contribution in [0.15, 0.2) is 78.9 Å². The van der Waals surface area contributed by atoms with Gasteiger partial charge in [-0.2, -0.15) is 0 Å². The first-order chi connectivity index (χ1) is 13.7. The Bertz CT molecular complexity index is 894. The second kappa shape index (κ2) is 10.1. The molecule has 0 N–H and O–H groups in total. The summed E-state index contributed by atoms with van der Waals surface area (Å²) in [5.41, 5.74) is 2.74. The molecule has 3 nitrogen and oxygen atoms in total. The third-order valence-electron chi connectivity index (χ3n) is 4.35. The van der Waals surface area contributed by atoms with Gasteiger partial charge in [-0.05, 0) is 35.7 Å². The van der Waals surface area contributed by atoms with E-state index in [0.717, 1.165) is 17.5 Å². The van der Waals surface area contributed by atoms with E-state index in [-0.39, 0.29) is 10.6 Å². The van der Waals surface area contributed by atoms with Crippen molar-refractivity contribution in [3.63, 3.8) is 0 Å². The van der Waals surface area contributed by atoms with Crippen molar-refractivity contribution in [3.05, 3.63) is 95.6 Å². The Morgan fingerprint density at radius 1 is 0.821 bits per heavy atom. The maximum atomic E-state index is 12.5. The molecule has 0 aliphatic heterocycles. The predicted octanol–water partition coefficient (Wildman–Crippen LogP) is 6.20. The lowest BCUT2D eigenvalue weighted by Crippen LogP contribution is -2.13. The van der Waals surface area contributed by atoms with Gasteiger partial charge in [0, 0.05) is 5.56 Å². The SMILES string of the molecule is CCC(Br)C(=O)c1ccc(OCc2ccccc2)c(OCc2ccccc2)c1. The van der Waals surface area contributed by atoms with E-state index in [9.17, 15) is 4.79 Å². The number of ether oxygens (including phenoxy) is 2. The lowest BCUT2D eigenvalue weighted by Gasteiger charge is -2.15. The highest BCUT2D eigenvalue weighted by Crippen LogP contribution is 2.31. The van der Waals surface area contributed by atoms with Crippen LogP contribution in [0.4, 0.5) is 0 Å². The number of Topliss-reactive ketones (excluding diaryl/α,β-unsaturated/α-hetero) is 1. The summed E-state index contributed by atoms with van der Waals surface area (Å²) >= 11 is 3.44. The van der Waals surface area contributed by atoms with Gasteiger partial charge in [0.15, 0.2) is 17.3 Å². The third kappa shape index (κ3) is 5.46. The molecule has 3 aromatic carbocycles. The number of hydrogen-bond donors (Lipinski definition) is 0. The standard InChI is InChI=1S/C24H23BrO3/c1-2-21(25)24(26)20-13-14-22(27-16-18-9-5-3-6-10-18)23(15-20)28-17-19-11-7-4-8-12-19/h3-15,21H,2,16-17H2,1H3. The second-order valence-corrected chi connectivity index (χ2v) is 7.56. The number of hydrogen-bond acceptors (Lipinski definition) is 3. The van der Waals surface area contributed by atoms with Crippen LogP contribution in [-0.2, 0) is 13.2 Å². The highest BCUT2D eigenvalue weighted by Gasteiger charge is 2.17. The largest absolute Gasteiger partial charge is 0.485 e. The van der Waals surface area contributed by atoms with Crippen molar-refractivity contribution in [2.45, 2.75) is 31.4 Å². The summed E-state index contributed by atoms with van der Waals surface area (Å²) in [6, 6.07) is 25.3. The van der Waals surface area contributed by atoms with Crippen molar-refractivity contribution in [1.29, 1.82) is 0 Å². The third-order valence-corrected chi connectivity index (χ3v) is 5.41. The zero-order valence-electron chi connectivity index (χ0n) is 15.8. The number of benzene rings is 3. The van der Waals surface area contributed by atoms with E-state index >= 15 is 0 Å². The van der Waals surface area contributed by atoms with E-state index in [1.54, 1.807) is 12.1 Å². The van der Waals surface area contributed by atoms with Crippen LogP contribution in [-0.4, -0.2) is 10.6 Å². The molecule has 4 heteroatoms. The van der Waals surface area contributed by atoms with E-state index < -0.39 is 0 Å². The van der Waals surface area contributed by atoms with Gasteiger partial charge in [-0.1, -0.05) is 83.5 Å². The molecule has 0 aromatic heterocycles. The normalized spacial score (nSPS) is 11.6. The van der Waals surface area contributed by atoms with Crippen LogP contribution in [0.1, 0.15) is 34.8 Å². The van der Waals surface area contributed by atoms with Gasteiger partial charge in [0.1, 0.15) is 13.2 Å². The Balaban J connectivity index is 1.81. The number of alkyl halides is 1.